The van der Waals surface area contributed by atoms with Crippen LogP contribution in [0.25, 0.3) is 0 Å². The topological polar surface area (TPSA) is 83.5 Å². The van der Waals surface area contributed by atoms with E-state index in [1.165, 1.54) is 6.07 Å². The van der Waals surface area contributed by atoms with Gasteiger partial charge in [0.05, 0.1) is 0 Å². The van der Waals surface area contributed by atoms with Gasteiger partial charge in [0.25, 0.3) is 0 Å². The number of carbonyl (C=O) groups is 1. The summed E-state index contributed by atoms with van der Waals surface area (Å²) in [7, 11) is -3.60. The van der Waals surface area contributed by atoms with Gasteiger partial charge in [-0.05, 0) is 43.2 Å². The molecule has 7 heteroatoms. The van der Waals surface area contributed by atoms with Crippen molar-refractivity contribution in [2.24, 2.45) is 11.8 Å². The highest BCUT2D eigenvalue weighted by atomic mass is 32.2. The quantitative estimate of drug-likeness (QED) is 0.874. The summed E-state index contributed by atoms with van der Waals surface area (Å²) in [5, 5.41) is 8.97. The molecule has 20 heavy (non-hydrogen) atoms. The second-order valence-corrected chi connectivity index (χ2v) is 8.56. The Morgan fingerprint density at radius 2 is 2.20 bits per heavy atom. The number of aromatic carboxylic acids is 1. The molecule has 1 fully saturated rings. The summed E-state index contributed by atoms with van der Waals surface area (Å²) in [6.07, 6.45) is 3.24. The first-order valence-corrected chi connectivity index (χ1v) is 8.93. The summed E-state index contributed by atoms with van der Waals surface area (Å²) in [5.74, 6) is -0.0366. The Kier molecular flexibility index (Phi) is 4.51. The SMILES string of the molecule is Cc1cc(S(=O)(=O)NCC2CCC(C)C2)sc1C(=O)O. The van der Waals surface area contributed by atoms with Crippen molar-refractivity contribution in [1.29, 1.82) is 0 Å². The summed E-state index contributed by atoms with van der Waals surface area (Å²) < 4.78 is 27.0. The molecule has 0 bridgehead atoms. The van der Waals surface area contributed by atoms with Gasteiger partial charge in [0.2, 0.25) is 10.0 Å². The van der Waals surface area contributed by atoms with Gasteiger partial charge in [0, 0.05) is 6.54 Å². The van der Waals surface area contributed by atoms with Crippen LogP contribution in [-0.4, -0.2) is 26.0 Å². The number of rotatable bonds is 5. The maximum atomic E-state index is 12.2. The highest BCUT2D eigenvalue weighted by Gasteiger charge is 2.25. The first kappa shape index (κ1) is 15.5. The Hall–Kier alpha value is -0.920. The van der Waals surface area contributed by atoms with Crippen LogP contribution in [0, 0.1) is 18.8 Å². The van der Waals surface area contributed by atoms with Gasteiger partial charge < -0.3 is 5.11 Å². The van der Waals surface area contributed by atoms with Crippen LogP contribution in [0.1, 0.15) is 41.4 Å². The number of sulfonamides is 1. The highest BCUT2D eigenvalue weighted by molar-refractivity contribution is 7.91. The lowest BCUT2D eigenvalue weighted by Crippen LogP contribution is -2.28. The van der Waals surface area contributed by atoms with E-state index in [0.29, 0.717) is 23.9 Å². The van der Waals surface area contributed by atoms with Gasteiger partial charge in [-0.2, -0.15) is 0 Å². The lowest BCUT2D eigenvalue weighted by molar-refractivity contribution is 0.0701. The van der Waals surface area contributed by atoms with Crippen LogP contribution < -0.4 is 4.72 Å². The molecule has 1 heterocycles. The third-order valence-corrected chi connectivity index (χ3v) is 6.84. The van der Waals surface area contributed by atoms with Gasteiger partial charge in [-0.1, -0.05) is 13.3 Å². The molecule has 1 aliphatic rings. The van der Waals surface area contributed by atoms with E-state index in [9.17, 15) is 13.2 Å². The fraction of sp³-hybridized carbons (Fsp3) is 0.615. The van der Waals surface area contributed by atoms with E-state index in [1.807, 2.05) is 0 Å². The molecule has 2 rings (SSSR count). The molecule has 1 aromatic rings. The van der Waals surface area contributed by atoms with Gasteiger partial charge in [0.1, 0.15) is 9.09 Å². The van der Waals surface area contributed by atoms with Crippen molar-refractivity contribution in [2.45, 2.75) is 37.3 Å². The Morgan fingerprint density at radius 1 is 1.50 bits per heavy atom. The van der Waals surface area contributed by atoms with Crippen LogP contribution in [-0.2, 0) is 10.0 Å². The number of carboxylic acid groups (broad SMARTS) is 1. The van der Waals surface area contributed by atoms with Crippen molar-refractivity contribution in [3.63, 3.8) is 0 Å². The van der Waals surface area contributed by atoms with Crippen LogP contribution in [0.4, 0.5) is 0 Å². The van der Waals surface area contributed by atoms with Crippen LogP contribution in [0.2, 0.25) is 0 Å². The first-order valence-electron chi connectivity index (χ1n) is 6.63. The predicted octanol–water partition coefficient (Wildman–Crippen LogP) is 2.47. The maximum absolute atomic E-state index is 12.2. The Balaban J connectivity index is 2.06. The molecule has 1 aromatic heterocycles. The number of aryl methyl sites for hydroxylation is 1. The average molecular weight is 317 g/mol. The maximum Gasteiger partial charge on any atom is 0.346 e. The summed E-state index contributed by atoms with van der Waals surface area (Å²) in [6, 6.07) is 1.42. The van der Waals surface area contributed by atoms with Gasteiger partial charge in [-0.3, -0.25) is 0 Å². The first-order chi connectivity index (χ1) is 9.29. The standard InChI is InChI=1S/C13H19NO4S2/c1-8-3-4-10(5-8)7-14-20(17,18)11-6-9(2)12(19-11)13(15)16/h6,8,10,14H,3-5,7H2,1-2H3,(H,15,16). The van der Waals surface area contributed by atoms with Crippen LogP contribution >= 0.6 is 11.3 Å². The molecule has 0 spiro atoms. The smallest absolute Gasteiger partial charge is 0.346 e. The van der Waals surface area contributed by atoms with Crippen LogP contribution in [0.15, 0.2) is 10.3 Å². The van der Waals surface area contributed by atoms with Gasteiger partial charge in [-0.25, -0.2) is 17.9 Å². The number of hydrogen-bond acceptors (Lipinski definition) is 4. The number of thiophene rings is 1. The minimum atomic E-state index is -3.60. The van der Waals surface area contributed by atoms with Crippen molar-refractivity contribution < 1.29 is 18.3 Å². The zero-order valence-corrected chi connectivity index (χ0v) is 13.2. The largest absolute Gasteiger partial charge is 0.477 e. The Bertz CT molecular complexity index is 606. The van der Waals surface area contributed by atoms with Crippen molar-refractivity contribution >= 4 is 27.3 Å². The van der Waals surface area contributed by atoms with Gasteiger partial charge >= 0.3 is 5.97 Å². The fourth-order valence-electron chi connectivity index (χ4n) is 2.61. The molecule has 2 atom stereocenters. The molecular weight excluding hydrogens is 298 g/mol. The average Bonchev–Trinajstić information content (AvgIpc) is 2.93. The van der Waals surface area contributed by atoms with Crippen LogP contribution in [0.5, 0.6) is 0 Å². The summed E-state index contributed by atoms with van der Waals surface area (Å²) in [4.78, 5) is 11.0. The highest BCUT2D eigenvalue weighted by Crippen LogP contribution is 2.30. The predicted molar refractivity (Wildman–Crippen MR) is 77.7 cm³/mol. The van der Waals surface area contributed by atoms with Crippen molar-refractivity contribution in [1.82, 2.24) is 4.72 Å². The van der Waals surface area contributed by atoms with E-state index in [2.05, 4.69) is 11.6 Å². The third-order valence-electron chi connectivity index (χ3n) is 3.72. The van der Waals surface area contributed by atoms with Crippen molar-refractivity contribution in [3.8, 4) is 0 Å². The zero-order chi connectivity index (χ0) is 14.9. The van der Waals surface area contributed by atoms with E-state index >= 15 is 0 Å². The second kappa shape index (κ2) is 5.83. The van der Waals surface area contributed by atoms with Crippen molar-refractivity contribution in [3.05, 3.63) is 16.5 Å². The Morgan fingerprint density at radius 3 is 2.70 bits per heavy atom. The van der Waals surface area contributed by atoms with E-state index in [0.717, 1.165) is 30.6 Å². The molecule has 2 unspecified atom stereocenters. The lowest BCUT2D eigenvalue weighted by atomic mass is 10.1. The molecule has 0 amide bonds. The molecule has 0 saturated heterocycles. The minimum absolute atomic E-state index is 0.0819. The molecule has 0 aromatic carbocycles. The van der Waals surface area contributed by atoms with E-state index in [1.54, 1.807) is 6.92 Å². The molecule has 1 aliphatic carbocycles. The minimum Gasteiger partial charge on any atom is -0.477 e. The zero-order valence-electron chi connectivity index (χ0n) is 11.5. The lowest BCUT2D eigenvalue weighted by Gasteiger charge is -2.10. The fourth-order valence-corrected chi connectivity index (χ4v) is 5.15. The summed E-state index contributed by atoms with van der Waals surface area (Å²) in [6.45, 7) is 4.22. The molecule has 0 radical (unpaired) electrons. The van der Waals surface area contributed by atoms with Crippen molar-refractivity contribution in [2.75, 3.05) is 6.54 Å². The van der Waals surface area contributed by atoms with E-state index < -0.39 is 16.0 Å². The van der Waals surface area contributed by atoms with E-state index in [-0.39, 0.29) is 9.09 Å². The molecule has 112 valence electrons. The molecule has 0 aliphatic heterocycles. The van der Waals surface area contributed by atoms with Crippen LogP contribution in [0.3, 0.4) is 0 Å². The molecule has 2 N–H and O–H groups in total. The normalized spacial score (nSPS) is 23.1. The molecule has 1 saturated carbocycles. The molecule has 5 nitrogen and oxygen atoms in total. The second-order valence-electron chi connectivity index (χ2n) is 5.52. The van der Waals surface area contributed by atoms with Gasteiger partial charge in [0.15, 0.2) is 0 Å². The Labute approximate surface area is 123 Å². The number of hydrogen-bond donors (Lipinski definition) is 2. The molecular formula is C13H19NO4S2. The van der Waals surface area contributed by atoms with E-state index in [4.69, 9.17) is 5.11 Å². The van der Waals surface area contributed by atoms with Gasteiger partial charge in [-0.15, -0.1) is 11.3 Å². The number of carboxylic acids is 1. The summed E-state index contributed by atoms with van der Waals surface area (Å²) >= 11 is 0.808. The number of nitrogens with one attached hydrogen (secondary N) is 1. The monoisotopic (exact) mass is 317 g/mol. The summed E-state index contributed by atoms with van der Waals surface area (Å²) in [5.41, 5.74) is 0.484. The third kappa shape index (κ3) is 3.39.